The van der Waals surface area contributed by atoms with E-state index in [2.05, 4.69) is 211 Å². The van der Waals surface area contributed by atoms with Crippen molar-refractivity contribution >= 4 is 71.4 Å². The zero-order valence-electron chi connectivity index (χ0n) is 30.9. The number of hydrogen-bond acceptors (Lipinski definition) is 3. The molecule has 0 unspecified atom stereocenters. The van der Waals surface area contributed by atoms with Gasteiger partial charge in [-0.25, -0.2) is 4.98 Å². The Morgan fingerprint density at radius 1 is 0.404 bits per heavy atom. The maximum absolute atomic E-state index is 6.67. The second kappa shape index (κ2) is 12.3. The molecule has 9 aromatic carbocycles. The Morgan fingerprint density at radius 3 is 1.68 bits per heavy atom. The lowest BCUT2D eigenvalue weighted by Crippen LogP contribution is -2.37. The summed E-state index contributed by atoms with van der Waals surface area (Å²) in [5.41, 5.74) is 10.2. The van der Waals surface area contributed by atoms with Gasteiger partial charge in [-0.15, -0.1) is 0 Å². The number of fused-ring (bicyclic) bond motifs is 9. The monoisotopic (exact) mass is 726 g/mol. The summed E-state index contributed by atoms with van der Waals surface area (Å²) < 4.78 is 6.67. The molecular formula is C54H34N2O. The number of hydrogen-bond donors (Lipinski definition) is 0. The van der Waals surface area contributed by atoms with Crippen molar-refractivity contribution in [2.24, 2.45) is 0 Å². The zero-order chi connectivity index (χ0) is 37.5. The Morgan fingerprint density at radius 2 is 0.982 bits per heavy atom. The second-order valence-corrected chi connectivity index (χ2v) is 15.0. The van der Waals surface area contributed by atoms with Crippen molar-refractivity contribution < 1.29 is 4.42 Å². The third-order valence-corrected chi connectivity index (χ3v) is 12.1. The van der Waals surface area contributed by atoms with E-state index in [1.54, 1.807) is 0 Å². The minimum absolute atomic E-state index is 0.573. The Kier molecular flexibility index (Phi) is 6.84. The number of rotatable bonds is 4. The van der Waals surface area contributed by atoms with E-state index in [-0.39, 0.29) is 0 Å². The van der Waals surface area contributed by atoms with Crippen LogP contribution in [0.25, 0.3) is 65.5 Å². The molecule has 0 saturated heterocycles. The van der Waals surface area contributed by atoms with Crippen molar-refractivity contribution in [3.8, 4) is 11.3 Å². The lowest BCUT2D eigenvalue weighted by molar-refractivity contribution is 0.670. The van der Waals surface area contributed by atoms with Gasteiger partial charge in [-0.05, 0) is 91.6 Å². The molecule has 57 heavy (non-hydrogen) atoms. The Bertz CT molecular complexity index is 3270. The number of nitrogens with zero attached hydrogens (tertiary/aromatic N) is 2. The molecule has 0 aliphatic carbocycles. The van der Waals surface area contributed by atoms with Crippen LogP contribution in [0.4, 0.5) is 17.2 Å². The topological polar surface area (TPSA) is 29.3 Å². The first kappa shape index (κ1) is 31.8. The number of anilines is 3. The molecule has 2 aromatic heterocycles. The van der Waals surface area contributed by atoms with Crippen molar-refractivity contribution in [1.82, 2.24) is 4.98 Å². The van der Waals surface area contributed by atoms with E-state index < -0.39 is 5.41 Å². The number of para-hydroxylation sites is 2. The van der Waals surface area contributed by atoms with E-state index in [0.717, 1.165) is 66.5 Å². The predicted octanol–water partition coefficient (Wildman–Crippen LogP) is 14.3. The third-order valence-electron chi connectivity index (χ3n) is 12.1. The minimum Gasteiger partial charge on any atom is -0.456 e. The lowest BCUT2D eigenvalue weighted by atomic mass is 9.62. The fraction of sp³-hybridized carbons (Fsp3) is 0.0185. The fourth-order valence-corrected chi connectivity index (χ4v) is 9.68. The highest BCUT2D eigenvalue weighted by Gasteiger charge is 2.46. The summed E-state index contributed by atoms with van der Waals surface area (Å²) >= 11 is 0. The smallest absolute Gasteiger partial charge is 0.138 e. The van der Waals surface area contributed by atoms with Crippen LogP contribution in [0.1, 0.15) is 22.3 Å². The average molecular weight is 727 g/mol. The van der Waals surface area contributed by atoms with Crippen LogP contribution < -0.4 is 4.90 Å². The van der Waals surface area contributed by atoms with Gasteiger partial charge in [-0.1, -0.05) is 164 Å². The molecule has 1 aliphatic heterocycles. The van der Waals surface area contributed by atoms with E-state index in [1.165, 1.54) is 38.4 Å². The van der Waals surface area contributed by atoms with Crippen LogP contribution >= 0.6 is 0 Å². The van der Waals surface area contributed by atoms with Gasteiger partial charge in [-0.3, -0.25) is 4.90 Å². The molecule has 3 heteroatoms. The molecule has 0 amide bonds. The summed E-state index contributed by atoms with van der Waals surface area (Å²) in [6, 6.07) is 74.4. The van der Waals surface area contributed by atoms with Crippen LogP contribution in [0.2, 0.25) is 0 Å². The molecule has 0 spiro atoms. The summed E-state index contributed by atoms with van der Waals surface area (Å²) in [7, 11) is 0. The largest absolute Gasteiger partial charge is 0.456 e. The van der Waals surface area contributed by atoms with Gasteiger partial charge in [-0.2, -0.15) is 0 Å². The fourth-order valence-electron chi connectivity index (χ4n) is 9.68. The summed E-state index contributed by atoms with van der Waals surface area (Å²) in [6.45, 7) is 0. The molecule has 0 fully saturated rings. The van der Waals surface area contributed by atoms with Gasteiger partial charge in [0.05, 0.1) is 22.5 Å². The van der Waals surface area contributed by atoms with Crippen LogP contribution in [0.3, 0.4) is 0 Å². The van der Waals surface area contributed by atoms with Crippen LogP contribution in [-0.2, 0) is 5.41 Å². The highest BCUT2D eigenvalue weighted by molar-refractivity contribution is 6.23. The molecule has 1 aliphatic rings. The van der Waals surface area contributed by atoms with Gasteiger partial charge in [0.25, 0.3) is 0 Å². The molecule has 11 aromatic rings. The van der Waals surface area contributed by atoms with Gasteiger partial charge < -0.3 is 4.42 Å². The highest BCUT2D eigenvalue weighted by atomic mass is 16.3. The third kappa shape index (κ3) is 4.57. The van der Waals surface area contributed by atoms with Gasteiger partial charge in [0, 0.05) is 21.7 Å². The van der Waals surface area contributed by atoms with Crippen molar-refractivity contribution in [3.05, 3.63) is 229 Å². The summed E-state index contributed by atoms with van der Waals surface area (Å²) in [5.74, 6) is 0.850. The maximum atomic E-state index is 6.67. The Hall–Kier alpha value is -7.49. The molecule has 0 atom stereocenters. The Balaban J connectivity index is 1.22. The first-order valence-electron chi connectivity index (χ1n) is 19.5. The number of aromatic nitrogens is 1. The molecule has 3 nitrogen and oxygen atoms in total. The Labute approximate surface area is 329 Å². The average Bonchev–Trinajstić information content (AvgIpc) is 3.65. The molecule has 0 radical (unpaired) electrons. The molecule has 0 N–H and O–H groups in total. The van der Waals surface area contributed by atoms with Crippen molar-refractivity contribution in [2.75, 3.05) is 4.90 Å². The van der Waals surface area contributed by atoms with Gasteiger partial charge in [0.1, 0.15) is 17.0 Å². The molecule has 0 saturated carbocycles. The van der Waals surface area contributed by atoms with Crippen molar-refractivity contribution in [2.45, 2.75) is 5.41 Å². The van der Waals surface area contributed by atoms with Gasteiger partial charge in [0.15, 0.2) is 0 Å². The first-order chi connectivity index (χ1) is 28.3. The lowest BCUT2D eigenvalue weighted by Gasteiger charge is -2.46. The van der Waals surface area contributed by atoms with Crippen LogP contribution in [0.5, 0.6) is 0 Å². The van der Waals surface area contributed by atoms with Crippen LogP contribution in [-0.4, -0.2) is 4.98 Å². The minimum atomic E-state index is -0.573. The summed E-state index contributed by atoms with van der Waals surface area (Å²) in [6.07, 6.45) is 0. The quantitative estimate of drug-likeness (QED) is 0.181. The van der Waals surface area contributed by atoms with Crippen LogP contribution in [0.15, 0.2) is 211 Å². The van der Waals surface area contributed by atoms with E-state index >= 15 is 0 Å². The van der Waals surface area contributed by atoms with E-state index in [1.807, 2.05) is 0 Å². The maximum Gasteiger partial charge on any atom is 0.138 e. The molecule has 3 heterocycles. The standard InChI is InChI=1S/C54H34N2O/c1-3-20-38(21-4-1)54(39-22-5-2-6-23-39)45-26-11-13-28-47(45)56(48-29-14-12-27-46(48)54)51-34-43-42(53(55-51)41-25-15-19-35-16-9-10-24-40(35)41)30-31-49-52(43)44-32-36-17-7-8-18-37(36)33-50(44)57-49/h1-34H. The van der Waals surface area contributed by atoms with Crippen molar-refractivity contribution in [1.29, 1.82) is 0 Å². The SMILES string of the molecule is c1ccc(C2(c3ccccc3)c3ccccc3N(c3cc4c(ccc5oc6cc7ccccc7cc6c54)c(-c4cccc5ccccc45)n3)c3ccccc32)cc1. The number of benzene rings is 9. The number of furan rings is 1. The van der Waals surface area contributed by atoms with Crippen molar-refractivity contribution in [3.63, 3.8) is 0 Å². The molecule has 0 bridgehead atoms. The van der Waals surface area contributed by atoms with Crippen LogP contribution in [0, 0.1) is 0 Å². The van der Waals surface area contributed by atoms with Gasteiger partial charge >= 0.3 is 0 Å². The normalized spacial score (nSPS) is 13.4. The summed E-state index contributed by atoms with van der Waals surface area (Å²) in [5, 5.41) is 9.08. The van der Waals surface area contributed by atoms with E-state index in [0.29, 0.717) is 0 Å². The summed E-state index contributed by atoms with van der Waals surface area (Å²) in [4.78, 5) is 8.14. The van der Waals surface area contributed by atoms with E-state index in [9.17, 15) is 0 Å². The predicted molar refractivity (Wildman–Crippen MR) is 236 cm³/mol. The molecule has 12 rings (SSSR count). The first-order valence-corrected chi connectivity index (χ1v) is 19.5. The second-order valence-electron chi connectivity index (χ2n) is 15.0. The molecular weight excluding hydrogens is 693 g/mol. The zero-order valence-corrected chi connectivity index (χ0v) is 30.9. The highest BCUT2D eigenvalue weighted by Crippen LogP contribution is 2.58. The van der Waals surface area contributed by atoms with E-state index in [4.69, 9.17) is 9.40 Å². The number of pyridine rings is 1. The molecule has 266 valence electrons. The van der Waals surface area contributed by atoms with Gasteiger partial charge in [0.2, 0.25) is 0 Å².